The van der Waals surface area contributed by atoms with Gasteiger partial charge in [0.1, 0.15) is 0 Å². The van der Waals surface area contributed by atoms with Gasteiger partial charge in [-0.1, -0.05) is 0 Å². The van der Waals surface area contributed by atoms with Crippen LogP contribution in [-0.4, -0.2) is 9.97 Å². The predicted molar refractivity (Wildman–Crippen MR) is 59.7 cm³/mol. The molecule has 3 aromatic rings. The van der Waals surface area contributed by atoms with Gasteiger partial charge in [0.05, 0.1) is 20.7 Å². The van der Waals surface area contributed by atoms with E-state index in [-0.39, 0.29) is 0 Å². The van der Waals surface area contributed by atoms with Crippen LogP contribution >= 0.6 is 11.3 Å². The summed E-state index contributed by atoms with van der Waals surface area (Å²) in [5.74, 6) is 0. The van der Waals surface area contributed by atoms with Crippen molar-refractivity contribution < 1.29 is 0 Å². The zero-order valence-electron chi connectivity index (χ0n) is 7.69. The summed E-state index contributed by atoms with van der Waals surface area (Å²) in [5, 5.41) is 2.31. The van der Waals surface area contributed by atoms with Crippen molar-refractivity contribution >= 4 is 32.5 Å². The smallest absolute Gasteiger partial charge is 0.0908 e. The first-order chi connectivity index (χ1) is 6.84. The van der Waals surface area contributed by atoms with Gasteiger partial charge in [0.15, 0.2) is 0 Å². The molecule has 0 atom stereocenters. The molecule has 0 radical (unpaired) electrons. The Bertz CT molecular complexity index is 613. The molecule has 0 fully saturated rings. The molecule has 0 spiro atoms. The van der Waals surface area contributed by atoms with Crippen LogP contribution in [0.5, 0.6) is 0 Å². The Hall–Kier alpha value is -1.48. The summed E-state index contributed by atoms with van der Waals surface area (Å²) in [4.78, 5) is 8.77. The van der Waals surface area contributed by atoms with Crippen LogP contribution in [0.2, 0.25) is 0 Å². The lowest BCUT2D eigenvalue weighted by Crippen LogP contribution is -1.76. The number of rotatable bonds is 0. The molecule has 2 heterocycles. The molecule has 0 N–H and O–H groups in total. The van der Waals surface area contributed by atoms with Crippen molar-refractivity contribution in [1.82, 2.24) is 9.97 Å². The third kappa shape index (κ3) is 1.02. The zero-order chi connectivity index (χ0) is 9.54. The van der Waals surface area contributed by atoms with Crippen LogP contribution in [0.25, 0.3) is 21.1 Å². The summed E-state index contributed by atoms with van der Waals surface area (Å²) in [6.07, 6.45) is 1.82. The molecular weight excluding hydrogens is 192 g/mol. The fraction of sp³-hybridized carbons (Fsp3) is 0.0909. The van der Waals surface area contributed by atoms with Gasteiger partial charge < -0.3 is 0 Å². The number of benzene rings is 1. The van der Waals surface area contributed by atoms with Gasteiger partial charge in [0, 0.05) is 11.6 Å². The maximum Gasteiger partial charge on any atom is 0.0908 e. The molecule has 0 saturated carbocycles. The van der Waals surface area contributed by atoms with Gasteiger partial charge in [-0.15, -0.1) is 11.3 Å². The van der Waals surface area contributed by atoms with Crippen molar-refractivity contribution in [3.05, 3.63) is 35.5 Å². The molecule has 14 heavy (non-hydrogen) atoms. The van der Waals surface area contributed by atoms with Gasteiger partial charge in [-0.25, -0.2) is 4.98 Å². The monoisotopic (exact) mass is 200 g/mol. The Labute approximate surface area is 85.2 Å². The summed E-state index contributed by atoms with van der Waals surface area (Å²) in [6.45, 7) is 2.03. The van der Waals surface area contributed by atoms with Crippen LogP contribution in [0, 0.1) is 6.92 Å². The standard InChI is InChI=1S/C11H8N2S/c1-7-13-10-5-4-9-8(11(10)14-7)3-2-6-12-9/h2-6H,1H3. The van der Waals surface area contributed by atoms with Crippen LogP contribution < -0.4 is 0 Å². The Morgan fingerprint density at radius 2 is 2.00 bits per heavy atom. The van der Waals surface area contributed by atoms with E-state index in [1.165, 1.54) is 10.1 Å². The van der Waals surface area contributed by atoms with E-state index in [9.17, 15) is 0 Å². The molecule has 0 aliphatic heterocycles. The first-order valence-corrected chi connectivity index (χ1v) is 5.27. The zero-order valence-corrected chi connectivity index (χ0v) is 8.51. The topological polar surface area (TPSA) is 25.8 Å². The average molecular weight is 200 g/mol. The van der Waals surface area contributed by atoms with Crippen molar-refractivity contribution in [3.63, 3.8) is 0 Å². The highest BCUT2D eigenvalue weighted by Crippen LogP contribution is 2.28. The lowest BCUT2D eigenvalue weighted by Gasteiger charge is -1.95. The van der Waals surface area contributed by atoms with E-state index >= 15 is 0 Å². The molecule has 2 aromatic heterocycles. The second kappa shape index (κ2) is 2.75. The van der Waals surface area contributed by atoms with E-state index in [1.807, 2.05) is 31.3 Å². The normalized spacial score (nSPS) is 11.2. The summed E-state index contributed by atoms with van der Waals surface area (Å²) >= 11 is 1.73. The van der Waals surface area contributed by atoms with Crippen molar-refractivity contribution in [2.75, 3.05) is 0 Å². The van der Waals surface area contributed by atoms with Crippen LogP contribution in [0.1, 0.15) is 5.01 Å². The molecule has 68 valence electrons. The van der Waals surface area contributed by atoms with Crippen LogP contribution in [0.4, 0.5) is 0 Å². The predicted octanol–water partition coefficient (Wildman–Crippen LogP) is 3.15. The lowest BCUT2D eigenvalue weighted by molar-refractivity contribution is 1.35. The SMILES string of the molecule is Cc1nc2ccc3ncccc3c2s1. The van der Waals surface area contributed by atoms with Gasteiger partial charge >= 0.3 is 0 Å². The molecule has 0 unspecified atom stereocenters. The largest absolute Gasteiger partial charge is 0.256 e. The van der Waals surface area contributed by atoms with Crippen molar-refractivity contribution in [2.24, 2.45) is 0 Å². The van der Waals surface area contributed by atoms with E-state index in [4.69, 9.17) is 0 Å². The van der Waals surface area contributed by atoms with Crippen LogP contribution in [0.15, 0.2) is 30.5 Å². The van der Waals surface area contributed by atoms with Gasteiger partial charge in [0.2, 0.25) is 0 Å². The second-order valence-corrected chi connectivity index (χ2v) is 4.42. The summed E-state index contributed by atoms with van der Waals surface area (Å²) in [5.41, 5.74) is 2.12. The van der Waals surface area contributed by atoms with E-state index in [2.05, 4.69) is 16.0 Å². The Kier molecular flexibility index (Phi) is 1.55. The number of thiazole rings is 1. The summed E-state index contributed by atoms with van der Waals surface area (Å²) in [7, 11) is 0. The number of pyridine rings is 1. The second-order valence-electron chi connectivity index (χ2n) is 3.22. The van der Waals surface area contributed by atoms with Crippen molar-refractivity contribution in [2.45, 2.75) is 6.92 Å². The Morgan fingerprint density at radius 1 is 1.14 bits per heavy atom. The molecule has 0 aliphatic rings. The van der Waals surface area contributed by atoms with Gasteiger partial charge in [-0.2, -0.15) is 0 Å². The minimum absolute atomic E-state index is 1.05. The van der Waals surface area contributed by atoms with Gasteiger partial charge in [-0.05, 0) is 31.2 Å². The molecular formula is C11H8N2S. The van der Waals surface area contributed by atoms with E-state index < -0.39 is 0 Å². The highest BCUT2D eigenvalue weighted by Gasteiger charge is 2.04. The maximum absolute atomic E-state index is 4.45. The third-order valence-electron chi connectivity index (χ3n) is 2.24. The highest BCUT2D eigenvalue weighted by atomic mass is 32.1. The number of hydrogen-bond acceptors (Lipinski definition) is 3. The summed E-state index contributed by atoms with van der Waals surface area (Å²) in [6, 6.07) is 8.13. The molecule has 3 heteroatoms. The highest BCUT2D eigenvalue weighted by molar-refractivity contribution is 7.19. The van der Waals surface area contributed by atoms with Gasteiger partial charge in [-0.3, -0.25) is 4.98 Å². The minimum Gasteiger partial charge on any atom is -0.256 e. The molecule has 3 rings (SSSR count). The van der Waals surface area contributed by atoms with Crippen molar-refractivity contribution in [1.29, 1.82) is 0 Å². The fourth-order valence-corrected chi connectivity index (χ4v) is 2.59. The molecule has 0 aliphatic carbocycles. The van der Waals surface area contributed by atoms with E-state index in [0.29, 0.717) is 0 Å². The molecule has 2 nitrogen and oxygen atoms in total. The number of nitrogens with zero attached hydrogens (tertiary/aromatic N) is 2. The fourth-order valence-electron chi connectivity index (χ4n) is 1.65. The Morgan fingerprint density at radius 3 is 2.93 bits per heavy atom. The van der Waals surface area contributed by atoms with E-state index in [1.54, 1.807) is 11.3 Å². The van der Waals surface area contributed by atoms with E-state index in [0.717, 1.165) is 16.0 Å². The van der Waals surface area contributed by atoms with Gasteiger partial charge in [0.25, 0.3) is 0 Å². The lowest BCUT2D eigenvalue weighted by atomic mass is 10.2. The summed E-state index contributed by atoms with van der Waals surface area (Å²) < 4.78 is 1.24. The van der Waals surface area contributed by atoms with Crippen LogP contribution in [0.3, 0.4) is 0 Å². The molecule has 0 saturated heterocycles. The maximum atomic E-state index is 4.45. The number of hydrogen-bond donors (Lipinski definition) is 0. The van der Waals surface area contributed by atoms with Crippen molar-refractivity contribution in [3.8, 4) is 0 Å². The number of aromatic nitrogens is 2. The number of aryl methyl sites for hydroxylation is 1. The molecule has 0 bridgehead atoms. The first-order valence-electron chi connectivity index (χ1n) is 4.45. The third-order valence-corrected chi connectivity index (χ3v) is 3.26. The minimum atomic E-state index is 1.05. The molecule has 0 amide bonds. The molecule has 1 aromatic carbocycles. The average Bonchev–Trinajstić information content (AvgIpc) is 2.59. The quantitative estimate of drug-likeness (QED) is 0.557. The number of fused-ring (bicyclic) bond motifs is 3. The first kappa shape index (κ1) is 7.88. The van der Waals surface area contributed by atoms with Crippen LogP contribution in [-0.2, 0) is 0 Å². The Balaban J connectivity index is 2.60.